The summed E-state index contributed by atoms with van der Waals surface area (Å²) in [6.07, 6.45) is 3.22. The summed E-state index contributed by atoms with van der Waals surface area (Å²) in [5, 5.41) is 11.5. The number of nitrogens with zero attached hydrogens (tertiary/aromatic N) is 1. The number of carbonyl (C=O) groups is 2. The van der Waals surface area contributed by atoms with Crippen molar-refractivity contribution in [3.63, 3.8) is 0 Å². The Balaban J connectivity index is 1.79. The molecule has 2 aliphatic rings. The van der Waals surface area contributed by atoms with Crippen molar-refractivity contribution < 1.29 is 33.6 Å². The second-order valence-corrected chi connectivity index (χ2v) is 9.64. The van der Waals surface area contributed by atoms with Gasteiger partial charge in [-0.25, -0.2) is 0 Å². The number of amides is 1. The molecule has 1 saturated heterocycles. The first-order valence-corrected chi connectivity index (χ1v) is 13.4. The number of hydrogen-bond acceptors (Lipinski definition) is 7. The lowest BCUT2D eigenvalue weighted by molar-refractivity contribution is -0.140. The number of ketones is 1. The summed E-state index contributed by atoms with van der Waals surface area (Å²) in [5.41, 5.74) is 2.15. The quantitative estimate of drug-likeness (QED) is 0.180. The van der Waals surface area contributed by atoms with Crippen LogP contribution in [0.3, 0.4) is 0 Å². The van der Waals surface area contributed by atoms with E-state index in [9.17, 15) is 14.7 Å². The van der Waals surface area contributed by atoms with E-state index in [1.54, 1.807) is 31.4 Å². The molecule has 0 unspecified atom stereocenters. The van der Waals surface area contributed by atoms with Crippen LogP contribution in [0, 0.1) is 0 Å². The van der Waals surface area contributed by atoms with Crippen molar-refractivity contribution in [3.8, 4) is 17.2 Å². The third-order valence-electron chi connectivity index (χ3n) is 6.80. The van der Waals surface area contributed by atoms with Gasteiger partial charge in [0.05, 0.1) is 24.8 Å². The van der Waals surface area contributed by atoms with Gasteiger partial charge in [-0.3, -0.25) is 9.59 Å². The zero-order valence-corrected chi connectivity index (χ0v) is 22.6. The number of unbranched alkanes of at least 4 members (excludes halogenated alkanes) is 1. The van der Waals surface area contributed by atoms with Crippen molar-refractivity contribution in [2.75, 3.05) is 33.5 Å². The number of methoxy groups -OCH3 is 1. The van der Waals surface area contributed by atoms with E-state index < -0.39 is 17.7 Å². The fraction of sp³-hybridized carbons (Fsp3) is 0.467. The Morgan fingerprint density at radius 2 is 1.87 bits per heavy atom. The van der Waals surface area contributed by atoms with Gasteiger partial charge in [0, 0.05) is 32.2 Å². The van der Waals surface area contributed by atoms with Crippen LogP contribution in [0.5, 0.6) is 17.2 Å². The summed E-state index contributed by atoms with van der Waals surface area (Å²) in [6, 6.07) is 10.0. The largest absolute Gasteiger partial charge is 0.507 e. The molecule has 2 atom stereocenters. The number of Topliss-reactive ketones (excluding diaryl/α,β-unsaturated/α-hetero) is 1. The van der Waals surface area contributed by atoms with E-state index >= 15 is 0 Å². The van der Waals surface area contributed by atoms with Crippen LogP contribution < -0.4 is 14.2 Å². The van der Waals surface area contributed by atoms with Crippen LogP contribution in [0.4, 0.5) is 0 Å². The van der Waals surface area contributed by atoms with Crippen LogP contribution in [0.15, 0.2) is 42.0 Å². The second-order valence-electron chi connectivity index (χ2n) is 9.64. The van der Waals surface area contributed by atoms with Crippen molar-refractivity contribution in [2.24, 2.45) is 0 Å². The SMILES string of the molecule is CCCCOc1ccc([C@@H]2C(=C(O)c3ccc4c(c3)C[C@H](C)O4)C(=O)C(=O)N2CCCOC)cc1OCC. The van der Waals surface area contributed by atoms with E-state index in [-0.39, 0.29) is 17.4 Å². The summed E-state index contributed by atoms with van der Waals surface area (Å²) in [4.78, 5) is 28.1. The highest BCUT2D eigenvalue weighted by Gasteiger charge is 2.46. The van der Waals surface area contributed by atoms with Crippen LogP contribution in [0.2, 0.25) is 0 Å². The highest BCUT2D eigenvalue weighted by Crippen LogP contribution is 2.43. The van der Waals surface area contributed by atoms with Gasteiger partial charge in [-0.15, -0.1) is 0 Å². The molecule has 0 aromatic heterocycles. The molecule has 8 nitrogen and oxygen atoms in total. The second kappa shape index (κ2) is 12.3. The van der Waals surface area contributed by atoms with E-state index in [4.69, 9.17) is 18.9 Å². The minimum absolute atomic E-state index is 0.0452. The molecule has 1 N–H and O–H groups in total. The van der Waals surface area contributed by atoms with Crippen molar-refractivity contribution >= 4 is 17.4 Å². The van der Waals surface area contributed by atoms with Gasteiger partial charge in [-0.1, -0.05) is 19.4 Å². The summed E-state index contributed by atoms with van der Waals surface area (Å²) in [7, 11) is 1.59. The number of fused-ring (bicyclic) bond motifs is 1. The average Bonchev–Trinajstić information content (AvgIpc) is 3.40. The lowest BCUT2D eigenvalue weighted by atomic mass is 9.94. The number of rotatable bonds is 12. The van der Waals surface area contributed by atoms with Crippen LogP contribution in [0.1, 0.15) is 62.8 Å². The standard InChI is InChI=1S/C30H37NO7/c1-5-7-15-37-24-12-9-20(18-25(24)36-6-2)27-26(29(33)30(34)31(27)13-8-14-35-4)28(32)21-10-11-23-22(17-21)16-19(3)38-23/h9-12,17-19,27,32H,5-8,13-16H2,1-4H3/t19-,27+/m0/s1. The molecule has 2 heterocycles. The van der Waals surface area contributed by atoms with Gasteiger partial charge >= 0.3 is 0 Å². The molecule has 8 heteroatoms. The summed E-state index contributed by atoms with van der Waals surface area (Å²) < 4.78 is 22.8. The maximum absolute atomic E-state index is 13.4. The fourth-order valence-corrected chi connectivity index (χ4v) is 4.97. The smallest absolute Gasteiger partial charge is 0.295 e. The molecule has 1 fully saturated rings. The maximum atomic E-state index is 13.4. The molecular formula is C30H37NO7. The summed E-state index contributed by atoms with van der Waals surface area (Å²) in [5.74, 6) is 0.348. The van der Waals surface area contributed by atoms with Crippen molar-refractivity contribution in [3.05, 3.63) is 58.7 Å². The van der Waals surface area contributed by atoms with Crippen LogP contribution in [-0.2, 0) is 20.7 Å². The van der Waals surface area contributed by atoms with Gasteiger partial charge in [-0.05, 0) is 68.1 Å². The minimum Gasteiger partial charge on any atom is -0.507 e. The summed E-state index contributed by atoms with van der Waals surface area (Å²) >= 11 is 0. The number of aliphatic hydroxyl groups is 1. The topological polar surface area (TPSA) is 94.5 Å². The lowest BCUT2D eigenvalue weighted by Gasteiger charge is -2.26. The minimum atomic E-state index is -0.779. The number of aliphatic hydroxyl groups excluding tert-OH is 1. The molecular weight excluding hydrogens is 486 g/mol. The third-order valence-corrected chi connectivity index (χ3v) is 6.80. The molecule has 0 bridgehead atoms. The molecule has 0 spiro atoms. The van der Waals surface area contributed by atoms with E-state index in [1.165, 1.54) is 4.90 Å². The number of likely N-dealkylation sites (tertiary alicyclic amines) is 1. The highest BCUT2D eigenvalue weighted by molar-refractivity contribution is 6.46. The van der Waals surface area contributed by atoms with Crippen LogP contribution in [-0.4, -0.2) is 61.3 Å². The number of ether oxygens (including phenoxy) is 4. The molecule has 2 aliphatic heterocycles. The maximum Gasteiger partial charge on any atom is 0.295 e. The third kappa shape index (κ3) is 5.65. The average molecular weight is 524 g/mol. The van der Waals surface area contributed by atoms with Gasteiger partial charge in [-0.2, -0.15) is 0 Å². The van der Waals surface area contributed by atoms with Gasteiger partial charge in [0.15, 0.2) is 11.5 Å². The molecule has 2 aromatic carbocycles. The van der Waals surface area contributed by atoms with Gasteiger partial charge in [0.2, 0.25) is 0 Å². The zero-order valence-electron chi connectivity index (χ0n) is 22.6. The first-order chi connectivity index (χ1) is 18.4. The molecule has 0 aliphatic carbocycles. The highest BCUT2D eigenvalue weighted by atomic mass is 16.5. The van der Waals surface area contributed by atoms with Crippen molar-refractivity contribution in [1.29, 1.82) is 0 Å². The predicted octanol–water partition coefficient (Wildman–Crippen LogP) is 5.05. The van der Waals surface area contributed by atoms with Gasteiger partial charge < -0.3 is 29.0 Å². The Kier molecular flexibility index (Phi) is 8.94. The Morgan fingerprint density at radius 1 is 1.05 bits per heavy atom. The Bertz CT molecular complexity index is 1210. The van der Waals surface area contributed by atoms with E-state index in [0.29, 0.717) is 61.8 Å². The van der Waals surface area contributed by atoms with Crippen molar-refractivity contribution in [2.45, 2.75) is 58.6 Å². The first kappa shape index (κ1) is 27.5. The molecule has 2 aromatic rings. The number of carbonyl (C=O) groups excluding carboxylic acids is 2. The normalized spacial score (nSPS) is 19.9. The van der Waals surface area contributed by atoms with Crippen molar-refractivity contribution in [1.82, 2.24) is 4.90 Å². The molecule has 0 radical (unpaired) electrons. The first-order valence-electron chi connectivity index (χ1n) is 13.4. The Labute approximate surface area is 224 Å². The van der Waals surface area contributed by atoms with E-state index in [2.05, 4.69) is 6.92 Å². The number of benzene rings is 2. The lowest BCUT2D eigenvalue weighted by Crippen LogP contribution is -2.31. The summed E-state index contributed by atoms with van der Waals surface area (Å²) in [6.45, 7) is 7.69. The van der Waals surface area contributed by atoms with Gasteiger partial charge in [0.1, 0.15) is 17.6 Å². The van der Waals surface area contributed by atoms with E-state index in [0.717, 1.165) is 24.2 Å². The predicted molar refractivity (Wildman–Crippen MR) is 144 cm³/mol. The van der Waals surface area contributed by atoms with Crippen LogP contribution >= 0.6 is 0 Å². The fourth-order valence-electron chi connectivity index (χ4n) is 4.97. The molecule has 0 saturated carbocycles. The zero-order chi connectivity index (χ0) is 27.2. The Morgan fingerprint density at radius 3 is 2.61 bits per heavy atom. The molecule has 204 valence electrons. The molecule has 4 rings (SSSR count). The Hall–Kier alpha value is -3.52. The molecule has 1 amide bonds. The van der Waals surface area contributed by atoms with E-state index in [1.807, 2.05) is 26.0 Å². The monoisotopic (exact) mass is 523 g/mol. The van der Waals surface area contributed by atoms with Gasteiger partial charge in [0.25, 0.3) is 11.7 Å². The molecule has 38 heavy (non-hydrogen) atoms. The van der Waals surface area contributed by atoms with Crippen LogP contribution in [0.25, 0.3) is 5.76 Å². The number of hydrogen-bond donors (Lipinski definition) is 1.